The molecular formula is C19H18N4O4. The Morgan fingerprint density at radius 2 is 1.78 bits per heavy atom. The molecule has 0 bridgehead atoms. The quantitative estimate of drug-likeness (QED) is 0.394. The van der Waals surface area contributed by atoms with Gasteiger partial charge >= 0.3 is 0 Å². The highest BCUT2D eigenvalue weighted by molar-refractivity contribution is 5.74. The van der Waals surface area contributed by atoms with Crippen molar-refractivity contribution in [3.8, 4) is 17.0 Å². The molecule has 0 aliphatic heterocycles. The Morgan fingerprint density at radius 1 is 1.11 bits per heavy atom. The first-order chi connectivity index (χ1) is 13.1. The van der Waals surface area contributed by atoms with Gasteiger partial charge < -0.3 is 14.4 Å². The first-order valence-electron chi connectivity index (χ1n) is 8.14. The zero-order valence-electron chi connectivity index (χ0n) is 14.9. The van der Waals surface area contributed by atoms with Gasteiger partial charge in [0.1, 0.15) is 0 Å². The summed E-state index contributed by atoms with van der Waals surface area (Å²) in [6, 6.07) is 15.4. The first-order valence-corrected chi connectivity index (χ1v) is 8.14. The predicted molar refractivity (Wildman–Crippen MR) is 101 cm³/mol. The number of hydrogen-bond acceptors (Lipinski definition) is 6. The molecule has 1 aromatic heterocycles. The van der Waals surface area contributed by atoms with Crippen molar-refractivity contribution in [1.29, 1.82) is 0 Å². The van der Waals surface area contributed by atoms with Gasteiger partial charge in [0.2, 0.25) is 0 Å². The lowest BCUT2D eigenvalue weighted by molar-refractivity contribution is -0.384. The van der Waals surface area contributed by atoms with Gasteiger partial charge in [0.05, 0.1) is 30.0 Å². The minimum Gasteiger partial charge on any atom is -0.492 e. The molecule has 0 aliphatic rings. The molecule has 0 spiro atoms. The fraction of sp³-hybridized carbons (Fsp3) is 0.158. The number of non-ortho nitro benzene ring substituents is 1. The summed E-state index contributed by atoms with van der Waals surface area (Å²) in [6.07, 6.45) is 0. The molecule has 0 saturated heterocycles. The van der Waals surface area contributed by atoms with Crippen molar-refractivity contribution in [2.75, 3.05) is 7.11 Å². The van der Waals surface area contributed by atoms with Crippen LogP contribution in [0.25, 0.3) is 11.3 Å². The summed E-state index contributed by atoms with van der Waals surface area (Å²) in [4.78, 5) is 10.3. The smallest absolute Gasteiger partial charge is 0.269 e. The number of hydrogen-bond donors (Lipinski definition) is 1. The molecule has 8 heteroatoms. The number of aromatic nitrogens is 1. The molecule has 0 radical (unpaired) electrons. The van der Waals surface area contributed by atoms with E-state index in [0.29, 0.717) is 22.8 Å². The number of rotatable bonds is 6. The van der Waals surface area contributed by atoms with E-state index in [9.17, 15) is 15.2 Å². The average Bonchev–Trinajstić information content (AvgIpc) is 2.98. The summed E-state index contributed by atoms with van der Waals surface area (Å²) < 4.78 is 7.27. The van der Waals surface area contributed by atoms with Crippen molar-refractivity contribution < 1.29 is 14.8 Å². The third-order valence-electron chi connectivity index (χ3n) is 4.15. The minimum absolute atomic E-state index is 0.0145. The summed E-state index contributed by atoms with van der Waals surface area (Å²) in [6.45, 7) is -0.214. The van der Waals surface area contributed by atoms with Gasteiger partial charge in [-0.05, 0) is 17.7 Å². The van der Waals surface area contributed by atoms with Gasteiger partial charge in [-0.1, -0.05) is 30.3 Å². The molecule has 0 saturated carbocycles. The van der Waals surface area contributed by atoms with Gasteiger partial charge in [0, 0.05) is 24.7 Å². The molecule has 0 unspecified atom stereocenters. The molecule has 0 fully saturated rings. The Bertz CT molecular complexity index is 979. The van der Waals surface area contributed by atoms with E-state index >= 15 is 0 Å². The summed E-state index contributed by atoms with van der Waals surface area (Å²) in [5.74, 6) is 0.878. The van der Waals surface area contributed by atoms with E-state index in [0.717, 1.165) is 11.3 Å². The molecule has 2 aromatic carbocycles. The maximum Gasteiger partial charge on any atom is 0.269 e. The summed E-state index contributed by atoms with van der Waals surface area (Å²) in [7, 11) is 3.32. The van der Waals surface area contributed by atoms with Crippen molar-refractivity contribution in [3.63, 3.8) is 0 Å². The number of benzene rings is 2. The molecule has 3 aromatic rings. The molecule has 0 aliphatic carbocycles. The van der Waals surface area contributed by atoms with Crippen LogP contribution in [0, 0.1) is 10.1 Å². The number of methoxy groups -OCH3 is 1. The fourth-order valence-electron chi connectivity index (χ4n) is 2.89. The molecule has 1 N–H and O–H groups in total. The van der Waals surface area contributed by atoms with Crippen molar-refractivity contribution in [2.24, 2.45) is 17.3 Å². The average molecular weight is 366 g/mol. The predicted octanol–water partition coefficient (Wildman–Crippen LogP) is 4.52. The van der Waals surface area contributed by atoms with E-state index in [1.807, 2.05) is 37.4 Å². The van der Waals surface area contributed by atoms with E-state index < -0.39 is 4.92 Å². The van der Waals surface area contributed by atoms with Gasteiger partial charge in [-0.2, -0.15) is 0 Å². The van der Waals surface area contributed by atoms with E-state index in [2.05, 4.69) is 10.2 Å². The van der Waals surface area contributed by atoms with Crippen molar-refractivity contribution in [2.45, 2.75) is 6.61 Å². The van der Waals surface area contributed by atoms with Crippen molar-refractivity contribution in [3.05, 3.63) is 70.3 Å². The Morgan fingerprint density at radius 3 is 2.33 bits per heavy atom. The molecular weight excluding hydrogens is 348 g/mol. The minimum atomic E-state index is -0.471. The second-order valence-corrected chi connectivity index (χ2v) is 5.74. The van der Waals surface area contributed by atoms with Crippen LogP contribution < -0.4 is 4.74 Å². The largest absolute Gasteiger partial charge is 0.492 e. The van der Waals surface area contributed by atoms with Crippen LogP contribution in [-0.2, 0) is 13.7 Å². The third kappa shape index (κ3) is 3.56. The lowest BCUT2D eigenvalue weighted by Gasteiger charge is -2.06. The normalized spacial score (nSPS) is 11.1. The van der Waals surface area contributed by atoms with Crippen LogP contribution in [-0.4, -0.2) is 21.7 Å². The SMILES string of the molecule is COc1c(CO)c(-c2ccccc2)n(C)c1N=Nc1ccc([N+](=O)[O-])cc1. The molecule has 0 atom stereocenters. The van der Waals surface area contributed by atoms with Gasteiger partial charge in [-0.3, -0.25) is 10.1 Å². The van der Waals surface area contributed by atoms with E-state index in [-0.39, 0.29) is 12.3 Å². The number of azo groups is 1. The number of nitrogens with zero attached hydrogens (tertiary/aromatic N) is 4. The molecule has 138 valence electrons. The van der Waals surface area contributed by atoms with Crippen molar-refractivity contribution in [1.82, 2.24) is 4.57 Å². The van der Waals surface area contributed by atoms with Gasteiger partial charge in [0.25, 0.3) is 5.69 Å². The lowest BCUT2D eigenvalue weighted by Crippen LogP contribution is -1.94. The topological polar surface area (TPSA) is 102 Å². The number of ether oxygens (including phenoxy) is 1. The number of nitro groups is 1. The second-order valence-electron chi connectivity index (χ2n) is 5.74. The monoisotopic (exact) mass is 366 g/mol. The zero-order valence-corrected chi connectivity index (χ0v) is 14.9. The van der Waals surface area contributed by atoms with Crippen LogP contribution in [0.5, 0.6) is 5.75 Å². The molecule has 8 nitrogen and oxygen atoms in total. The van der Waals surface area contributed by atoms with E-state index in [4.69, 9.17) is 4.74 Å². The first kappa shape index (κ1) is 18.3. The Hall–Kier alpha value is -3.52. The van der Waals surface area contributed by atoms with Gasteiger partial charge in [0.15, 0.2) is 11.6 Å². The summed E-state index contributed by atoms with van der Waals surface area (Å²) in [5, 5.41) is 29.0. The molecule has 3 rings (SSSR count). The van der Waals surface area contributed by atoms with E-state index in [1.54, 1.807) is 4.57 Å². The fourth-order valence-corrected chi connectivity index (χ4v) is 2.89. The van der Waals surface area contributed by atoms with Gasteiger partial charge in [-0.25, -0.2) is 0 Å². The maximum atomic E-state index is 10.7. The van der Waals surface area contributed by atoms with Crippen LogP contribution in [0.2, 0.25) is 0 Å². The third-order valence-corrected chi connectivity index (χ3v) is 4.15. The summed E-state index contributed by atoms with van der Waals surface area (Å²) in [5.41, 5.74) is 2.77. The zero-order chi connectivity index (χ0) is 19.4. The van der Waals surface area contributed by atoms with Crippen molar-refractivity contribution >= 4 is 17.2 Å². The molecule has 0 amide bonds. The maximum absolute atomic E-state index is 10.7. The Balaban J connectivity index is 2.05. The summed E-state index contributed by atoms with van der Waals surface area (Å²) >= 11 is 0. The number of aliphatic hydroxyl groups excluding tert-OH is 1. The van der Waals surface area contributed by atoms with Gasteiger partial charge in [-0.15, -0.1) is 10.2 Å². The number of nitro benzene ring substituents is 1. The molecule has 1 heterocycles. The molecule has 27 heavy (non-hydrogen) atoms. The standard InChI is InChI=1S/C19H18N4O4/c1-22-17(13-6-4-3-5-7-13)16(12-24)18(27-2)19(22)21-20-14-8-10-15(11-9-14)23(25)26/h3-11,24H,12H2,1-2H3. The van der Waals surface area contributed by atoms with Crippen LogP contribution in [0.3, 0.4) is 0 Å². The van der Waals surface area contributed by atoms with Crippen LogP contribution >= 0.6 is 0 Å². The van der Waals surface area contributed by atoms with Crippen LogP contribution in [0.4, 0.5) is 17.2 Å². The highest BCUT2D eigenvalue weighted by Crippen LogP contribution is 2.42. The highest BCUT2D eigenvalue weighted by atomic mass is 16.6. The second kappa shape index (κ2) is 7.79. The van der Waals surface area contributed by atoms with Crippen LogP contribution in [0.15, 0.2) is 64.8 Å². The Kier molecular flexibility index (Phi) is 5.28. The Labute approximate surface area is 155 Å². The van der Waals surface area contributed by atoms with Crippen LogP contribution in [0.1, 0.15) is 5.56 Å². The lowest BCUT2D eigenvalue weighted by atomic mass is 10.1. The number of aliphatic hydroxyl groups is 1. The highest BCUT2D eigenvalue weighted by Gasteiger charge is 2.22. The van der Waals surface area contributed by atoms with E-state index in [1.165, 1.54) is 31.4 Å².